The molecule has 0 spiro atoms. The molecule has 0 unspecified atom stereocenters. The van der Waals surface area contributed by atoms with Crippen LogP contribution in [0.3, 0.4) is 0 Å². The van der Waals surface area contributed by atoms with Crippen molar-refractivity contribution in [2.45, 2.75) is 0 Å². The smallest absolute Gasteiger partial charge is 0.269 e. The molecule has 25 heavy (non-hydrogen) atoms. The van der Waals surface area contributed by atoms with Gasteiger partial charge in [-0.15, -0.1) is 0 Å². The number of hydrogen-bond donors (Lipinski definition) is 3. The summed E-state index contributed by atoms with van der Waals surface area (Å²) in [5, 5.41) is 0.0570. The van der Waals surface area contributed by atoms with Gasteiger partial charge in [-0.2, -0.15) is 0 Å². The molecule has 2 aromatic rings. The highest BCUT2D eigenvalue weighted by molar-refractivity contribution is 7.92. The van der Waals surface area contributed by atoms with E-state index in [-0.39, 0.29) is 16.3 Å². The Labute approximate surface area is 146 Å². The lowest BCUT2D eigenvalue weighted by molar-refractivity contribution is 0.0962. The number of carbonyl (C=O) groups is 1. The Balaban J connectivity index is 2.16. The van der Waals surface area contributed by atoms with E-state index in [1.165, 1.54) is 12.1 Å². The Hall–Kier alpha value is -2.46. The van der Waals surface area contributed by atoms with E-state index in [0.717, 1.165) is 18.4 Å². The second kappa shape index (κ2) is 7.19. The zero-order valence-corrected chi connectivity index (χ0v) is 14.1. The van der Waals surface area contributed by atoms with E-state index < -0.39 is 39.1 Å². The lowest BCUT2D eigenvalue weighted by atomic mass is 10.2. The zero-order chi connectivity index (χ0) is 18.8. The van der Waals surface area contributed by atoms with Crippen molar-refractivity contribution >= 4 is 38.9 Å². The molecule has 0 saturated heterocycles. The molecule has 0 saturated carbocycles. The number of rotatable bonds is 5. The summed E-state index contributed by atoms with van der Waals surface area (Å²) in [6.07, 6.45) is 0.906. The van der Waals surface area contributed by atoms with Crippen molar-refractivity contribution in [3.63, 3.8) is 0 Å². The fourth-order valence-corrected chi connectivity index (χ4v) is 2.55. The molecule has 0 radical (unpaired) electrons. The molecular formula is C14H11ClF3N3O3S. The standard InChI is InChI=1S/C14H11ClF3N3O3S/c1-25(23,24)21-11-6-7(2-3-8(11)15)14(22)20-19-10-5-4-9(16)12(17)13(10)18/h2-6,19,21H,1H3,(H,20,22). The number of benzene rings is 2. The largest absolute Gasteiger partial charge is 0.295 e. The molecule has 0 aromatic heterocycles. The number of nitrogens with one attached hydrogen (secondary N) is 3. The maximum absolute atomic E-state index is 13.5. The van der Waals surface area contributed by atoms with Crippen molar-refractivity contribution in [3.8, 4) is 0 Å². The van der Waals surface area contributed by atoms with E-state index in [1.54, 1.807) is 0 Å². The van der Waals surface area contributed by atoms with Crippen LogP contribution in [0, 0.1) is 17.5 Å². The second-order valence-corrected chi connectivity index (χ2v) is 7.03. The molecule has 1 amide bonds. The van der Waals surface area contributed by atoms with Gasteiger partial charge in [0.2, 0.25) is 10.0 Å². The fraction of sp³-hybridized carbons (Fsp3) is 0.0714. The predicted octanol–water partition coefficient (Wildman–Crippen LogP) is 2.89. The first kappa shape index (κ1) is 18.9. The average molecular weight is 394 g/mol. The SMILES string of the molecule is CS(=O)(=O)Nc1cc(C(=O)NNc2ccc(F)c(F)c2F)ccc1Cl. The molecular weight excluding hydrogens is 383 g/mol. The highest BCUT2D eigenvalue weighted by Crippen LogP contribution is 2.24. The van der Waals surface area contributed by atoms with Gasteiger partial charge in [-0.25, -0.2) is 21.6 Å². The summed E-state index contributed by atoms with van der Waals surface area (Å²) in [6, 6.07) is 5.30. The number of carbonyl (C=O) groups excluding carboxylic acids is 1. The topological polar surface area (TPSA) is 87.3 Å². The molecule has 2 rings (SSSR count). The highest BCUT2D eigenvalue weighted by atomic mass is 35.5. The average Bonchev–Trinajstić information content (AvgIpc) is 2.52. The zero-order valence-electron chi connectivity index (χ0n) is 12.5. The Bertz CT molecular complexity index is 938. The van der Waals surface area contributed by atoms with Gasteiger partial charge < -0.3 is 0 Å². The maximum Gasteiger partial charge on any atom is 0.269 e. The fourth-order valence-electron chi connectivity index (χ4n) is 1.76. The molecule has 2 aromatic carbocycles. The molecule has 0 aliphatic heterocycles. The molecule has 0 bridgehead atoms. The van der Waals surface area contributed by atoms with Crippen LogP contribution >= 0.6 is 11.6 Å². The molecule has 134 valence electrons. The first-order valence-corrected chi connectivity index (χ1v) is 8.82. The van der Waals surface area contributed by atoms with E-state index in [0.29, 0.717) is 6.07 Å². The van der Waals surface area contributed by atoms with E-state index >= 15 is 0 Å². The van der Waals surface area contributed by atoms with Gasteiger partial charge in [0.15, 0.2) is 17.5 Å². The van der Waals surface area contributed by atoms with Crippen molar-refractivity contribution in [1.82, 2.24) is 5.43 Å². The van der Waals surface area contributed by atoms with Crippen LogP contribution < -0.4 is 15.6 Å². The van der Waals surface area contributed by atoms with Crippen molar-refractivity contribution < 1.29 is 26.4 Å². The van der Waals surface area contributed by atoms with Gasteiger partial charge in [0.1, 0.15) is 0 Å². The predicted molar refractivity (Wildman–Crippen MR) is 87.3 cm³/mol. The number of anilines is 2. The number of hydrazine groups is 1. The van der Waals surface area contributed by atoms with Gasteiger partial charge in [0.25, 0.3) is 5.91 Å². The van der Waals surface area contributed by atoms with Gasteiger partial charge in [-0.1, -0.05) is 11.6 Å². The van der Waals surface area contributed by atoms with Crippen molar-refractivity contribution in [2.75, 3.05) is 16.4 Å². The minimum atomic E-state index is -3.62. The molecule has 3 N–H and O–H groups in total. The number of hydrogen-bond acceptors (Lipinski definition) is 4. The molecule has 6 nitrogen and oxygen atoms in total. The Morgan fingerprint density at radius 3 is 2.36 bits per heavy atom. The third kappa shape index (κ3) is 4.77. The van der Waals surface area contributed by atoms with Gasteiger partial charge in [-0.05, 0) is 30.3 Å². The first-order chi connectivity index (χ1) is 11.6. The minimum Gasteiger partial charge on any atom is -0.295 e. The summed E-state index contributed by atoms with van der Waals surface area (Å²) < 4.78 is 64.1. The van der Waals surface area contributed by atoms with Crippen LogP contribution in [0.2, 0.25) is 5.02 Å². The van der Waals surface area contributed by atoms with Crippen molar-refractivity contribution in [1.29, 1.82) is 0 Å². The number of sulfonamides is 1. The monoisotopic (exact) mass is 393 g/mol. The van der Waals surface area contributed by atoms with Gasteiger partial charge in [0, 0.05) is 5.56 Å². The second-order valence-electron chi connectivity index (χ2n) is 4.87. The van der Waals surface area contributed by atoms with Crippen molar-refractivity contribution in [3.05, 3.63) is 58.4 Å². The van der Waals surface area contributed by atoms with Crippen LogP contribution in [0.4, 0.5) is 24.5 Å². The first-order valence-electron chi connectivity index (χ1n) is 6.55. The van der Waals surface area contributed by atoms with E-state index in [9.17, 15) is 26.4 Å². The number of amides is 1. The van der Waals surface area contributed by atoms with Gasteiger partial charge >= 0.3 is 0 Å². The summed E-state index contributed by atoms with van der Waals surface area (Å²) in [6.45, 7) is 0. The van der Waals surface area contributed by atoms with Crippen LogP contribution in [-0.2, 0) is 10.0 Å². The molecule has 0 heterocycles. The summed E-state index contributed by atoms with van der Waals surface area (Å²) in [5.41, 5.74) is 3.64. The van der Waals surface area contributed by atoms with E-state index in [4.69, 9.17) is 11.6 Å². The van der Waals surface area contributed by atoms with Crippen LogP contribution in [-0.4, -0.2) is 20.6 Å². The Morgan fingerprint density at radius 2 is 1.72 bits per heavy atom. The molecule has 0 aliphatic rings. The third-order valence-electron chi connectivity index (χ3n) is 2.87. The highest BCUT2D eigenvalue weighted by Gasteiger charge is 2.15. The lowest BCUT2D eigenvalue weighted by Gasteiger charge is -2.12. The van der Waals surface area contributed by atoms with Gasteiger partial charge in [-0.3, -0.25) is 20.4 Å². The maximum atomic E-state index is 13.5. The molecule has 11 heteroatoms. The normalized spacial score (nSPS) is 11.1. The van der Waals surface area contributed by atoms with Crippen molar-refractivity contribution in [2.24, 2.45) is 0 Å². The summed E-state index contributed by atoms with van der Waals surface area (Å²) in [7, 11) is -3.62. The Kier molecular flexibility index (Phi) is 5.43. The van der Waals surface area contributed by atoms with Crippen LogP contribution in [0.5, 0.6) is 0 Å². The van der Waals surface area contributed by atoms with E-state index in [2.05, 4.69) is 15.6 Å². The van der Waals surface area contributed by atoms with Gasteiger partial charge in [0.05, 0.1) is 22.7 Å². The third-order valence-corrected chi connectivity index (χ3v) is 3.79. The minimum absolute atomic E-state index is 0.0222. The molecule has 0 atom stereocenters. The summed E-state index contributed by atoms with van der Waals surface area (Å²) in [4.78, 5) is 12.0. The quantitative estimate of drug-likeness (QED) is 0.538. The van der Waals surface area contributed by atoms with Crippen LogP contribution in [0.1, 0.15) is 10.4 Å². The van der Waals surface area contributed by atoms with Crippen LogP contribution in [0.25, 0.3) is 0 Å². The molecule has 0 aliphatic carbocycles. The van der Waals surface area contributed by atoms with E-state index in [1.807, 2.05) is 0 Å². The van der Waals surface area contributed by atoms with Crippen LogP contribution in [0.15, 0.2) is 30.3 Å². The summed E-state index contributed by atoms with van der Waals surface area (Å²) in [5.74, 6) is -5.36. The molecule has 0 fully saturated rings. The Morgan fingerprint density at radius 1 is 1.04 bits per heavy atom. The number of halogens is 4. The lowest BCUT2D eigenvalue weighted by Crippen LogP contribution is -2.30. The summed E-state index contributed by atoms with van der Waals surface area (Å²) >= 11 is 5.83.